The highest BCUT2D eigenvalue weighted by Gasteiger charge is 2.35. The van der Waals surface area contributed by atoms with Crippen molar-refractivity contribution < 1.29 is 13.2 Å². The van der Waals surface area contributed by atoms with Crippen LogP contribution in [0.2, 0.25) is 0 Å². The fourth-order valence-corrected chi connectivity index (χ4v) is 2.64. The van der Waals surface area contributed by atoms with Gasteiger partial charge in [0.15, 0.2) is 11.6 Å². The van der Waals surface area contributed by atoms with Crippen molar-refractivity contribution in [2.45, 2.75) is 45.2 Å². The summed E-state index contributed by atoms with van der Waals surface area (Å²) in [5, 5.41) is 0. The van der Waals surface area contributed by atoms with Crippen molar-refractivity contribution in [3.8, 4) is 0 Å². The first-order chi connectivity index (χ1) is 9.93. The Kier molecular flexibility index (Phi) is 5.27. The number of halogens is 3. The molecule has 0 saturated heterocycles. The molecular formula is C16H23F3N2. The molecule has 0 heterocycles. The summed E-state index contributed by atoms with van der Waals surface area (Å²) < 4.78 is 40.6. The summed E-state index contributed by atoms with van der Waals surface area (Å²) >= 11 is 0. The molecule has 1 aromatic carbocycles. The minimum atomic E-state index is -1.16. The van der Waals surface area contributed by atoms with Crippen LogP contribution in [0.25, 0.3) is 0 Å². The first kappa shape index (κ1) is 16.3. The molecule has 1 aliphatic carbocycles. The first-order valence-corrected chi connectivity index (χ1v) is 7.54. The SMILES string of the molecule is CC(C)CCN(C1CC1)C(CN)c1cc(F)c(F)cc1F. The molecule has 0 radical (unpaired) electrons. The van der Waals surface area contributed by atoms with Crippen molar-refractivity contribution in [1.29, 1.82) is 0 Å². The molecular weight excluding hydrogens is 277 g/mol. The normalized spacial score (nSPS) is 16.8. The molecule has 1 fully saturated rings. The minimum absolute atomic E-state index is 0.159. The summed E-state index contributed by atoms with van der Waals surface area (Å²) in [5.74, 6) is -2.38. The van der Waals surface area contributed by atoms with Gasteiger partial charge in [0.1, 0.15) is 5.82 Å². The monoisotopic (exact) mass is 300 g/mol. The number of rotatable bonds is 7. The molecule has 0 aliphatic heterocycles. The van der Waals surface area contributed by atoms with Crippen molar-refractivity contribution in [1.82, 2.24) is 4.90 Å². The lowest BCUT2D eigenvalue weighted by atomic mass is 10.0. The molecule has 0 amide bonds. The lowest BCUT2D eigenvalue weighted by molar-refractivity contribution is 0.177. The third-order valence-electron chi connectivity index (χ3n) is 4.00. The summed E-state index contributed by atoms with van der Waals surface area (Å²) in [6.07, 6.45) is 3.08. The second-order valence-electron chi connectivity index (χ2n) is 6.19. The van der Waals surface area contributed by atoms with Crippen LogP contribution in [-0.2, 0) is 0 Å². The Hall–Kier alpha value is -1.07. The second kappa shape index (κ2) is 6.79. The first-order valence-electron chi connectivity index (χ1n) is 7.54. The Bertz CT molecular complexity index is 487. The van der Waals surface area contributed by atoms with E-state index in [1.807, 2.05) is 0 Å². The largest absolute Gasteiger partial charge is 0.329 e. The van der Waals surface area contributed by atoms with E-state index in [2.05, 4.69) is 18.7 Å². The van der Waals surface area contributed by atoms with Crippen LogP contribution >= 0.6 is 0 Å². The van der Waals surface area contributed by atoms with E-state index in [0.29, 0.717) is 18.0 Å². The van der Waals surface area contributed by atoms with Gasteiger partial charge in [0.25, 0.3) is 0 Å². The summed E-state index contributed by atoms with van der Waals surface area (Å²) in [5.41, 5.74) is 5.97. The molecule has 2 N–H and O–H groups in total. The Morgan fingerprint density at radius 3 is 2.29 bits per heavy atom. The van der Waals surface area contributed by atoms with Gasteiger partial charge < -0.3 is 5.73 Å². The third kappa shape index (κ3) is 3.98. The van der Waals surface area contributed by atoms with Gasteiger partial charge in [-0.15, -0.1) is 0 Å². The van der Waals surface area contributed by atoms with E-state index in [-0.39, 0.29) is 12.1 Å². The zero-order chi connectivity index (χ0) is 15.6. The molecule has 1 saturated carbocycles. The number of hydrogen-bond acceptors (Lipinski definition) is 2. The number of hydrogen-bond donors (Lipinski definition) is 1. The van der Waals surface area contributed by atoms with Gasteiger partial charge in [-0.1, -0.05) is 13.8 Å². The standard InChI is InChI=1S/C16H23F3N2/c1-10(2)5-6-21(11-3-4-11)16(9-20)12-7-14(18)15(19)8-13(12)17/h7-8,10-11,16H,3-6,9,20H2,1-2H3. The van der Waals surface area contributed by atoms with Gasteiger partial charge in [-0.05, 0) is 37.8 Å². The number of nitrogens with two attached hydrogens (primary N) is 1. The molecule has 5 heteroatoms. The predicted octanol–water partition coefficient (Wildman–Crippen LogP) is 3.61. The molecule has 118 valence electrons. The van der Waals surface area contributed by atoms with E-state index in [0.717, 1.165) is 31.9 Å². The molecule has 0 bridgehead atoms. The maximum absolute atomic E-state index is 14.0. The van der Waals surface area contributed by atoms with Crippen LogP contribution in [0.1, 0.15) is 44.7 Å². The number of nitrogens with zero attached hydrogens (tertiary/aromatic N) is 1. The quantitative estimate of drug-likeness (QED) is 0.779. The highest BCUT2D eigenvalue weighted by atomic mass is 19.2. The Labute approximate surface area is 124 Å². The van der Waals surface area contributed by atoms with Crippen LogP contribution in [0.4, 0.5) is 13.2 Å². The Morgan fingerprint density at radius 1 is 1.14 bits per heavy atom. The smallest absolute Gasteiger partial charge is 0.161 e. The van der Waals surface area contributed by atoms with Gasteiger partial charge in [0.05, 0.1) is 6.04 Å². The second-order valence-corrected chi connectivity index (χ2v) is 6.19. The lowest BCUT2D eigenvalue weighted by Gasteiger charge is -2.32. The van der Waals surface area contributed by atoms with Gasteiger partial charge in [-0.25, -0.2) is 13.2 Å². The molecule has 1 atom stereocenters. The Balaban J connectivity index is 2.25. The average molecular weight is 300 g/mol. The van der Waals surface area contributed by atoms with Crippen molar-refractivity contribution in [2.75, 3.05) is 13.1 Å². The van der Waals surface area contributed by atoms with Crippen LogP contribution in [0.3, 0.4) is 0 Å². The molecule has 1 aromatic rings. The van der Waals surface area contributed by atoms with Gasteiger partial charge in [-0.3, -0.25) is 4.90 Å². The van der Waals surface area contributed by atoms with Crippen LogP contribution in [0.5, 0.6) is 0 Å². The van der Waals surface area contributed by atoms with Gasteiger partial charge in [-0.2, -0.15) is 0 Å². The number of benzene rings is 1. The maximum Gasteiger partial charge on any atom is 0.161 e. The summed E-state index contributed by atoms with van der Waals surface area (Å²) in [7, 11) is 0. The van der Waals surface area contributed by atoms with Crippen molar-refractivity contribution in [2.24, 2.45) is 11.7 Å². The van der Waals surface area contributed by atoms with E-state index < -0.39 is 23.5 Å². The van der Waals surface area contributed by atoms with Gasteiger partial charge in [0, 0.05) is 24.2 Å². The van der Waals surface area contributed by atoms with Crippen LogP contribution in [0, 0.1) is 23.4 Å². The van der Waals surface area contributed by atoms with Crippen molar-refractivity contribution in [3.63, 3.8) is 0 Å². The highest BCUT2D eigenvalue weighted by Crippen LogP contribution is 2.35. The lowest BCUT2D eigenvalue weighted by Crippen LogP contribution is -2.37. The highest BCUT2D eigenvalue weighted by molar-refractivity contribution is 5.24. The fourth-order valence-electron chi connectivity index (χ4n) is 2.64. The predicted molar refractivity (Wildman–Crippen MR) is 77.3 cm³/mol. The molecule has 21 heavy (non-hydrogen) atoms. The van der Waals surface area contributed by atoms with E-state index in [9.17, 15) is 13.2 Å². The molecule has 2 nitrogen and oxygen atoms in total. The molecule has 0 aromatic heterocycles. The Morgan fingerprint density at radius 2 is 1.76 bits per heavy atom. The zero-order valence-corrected chi connectivity index (χ0v) is 12.6. The van der Waals surface area contributed by atoms with Crippen molar-refractivity contribution >= 4 is 0 Å². The fraction of sp³-hybridized carbons (Fsp3) is 0.625. The molecule has 1 unspecified atom stereocenters. The summed E-state index contributed by atoms with van der Waals surface area (Å²) in [6.45, 7) is 5.24. The van der Waals surface area contributed by atoms with Crippen LogP contribution < -0.4 is 5.73 Å². The van der Waals surface area contributed by atoms with Gasteiger partial charge >= 0.3 is 0 Å². The summed E-state index contributed by atoms with van der Waals surface area (Å²) in [6, 6.07) is 1.55. The molecule has 2 rings (SSSR count). The van der Waals surface area contributed by atoms with Crippen LogP contribution in [0.15, 0.2) is 12.1 Å². The van der Waals surface area contributed by atoms with E-state index in [4.69, 9.17) is 5.73 Å². The van der Waals surface area contributed by atoms with E-state index in [1.54, 1.807) is 0 Å². The van der Waals surface area contributed by atoms with Crippen molar-refractivity contribution in [3.05, 3.63) is 35.1 Å². The third-order valence-corrected chi connectivity index (χ3v) is 4.00. The maximum atomic E-state index is 14.0. The van der Waals surface area contributed by atoms with Crippen LogP contribution in [-0.4, -0.2) is 24.0 Å². The van der Waals surface area contributed by atoms with E-state index >= 15 is 0 Å². The minimum Gasteiger partial charge on any atom is -0.329 e. The topological polar surface area (TPSA) is 29.3 Å². The molecule has 0 spiro atoms. The summed E-state index contributed by atoms with van der Waals surface area (Å²) in [4.78, 5) is 2.15. The average Bonchev–Trinajstić information content (AvgIpc) is 3.23. The van der Waals surface area contributed by atoms with E-state index in [1.165, 1.54) is 0 Å². The van der Waals surface area contributed by atoms with Gasteiger partial charge in [0.2, 0.25) is 0 Å². The zero-order valence-electron chi connectivity index (χ0n) is 12.6. The molecule has 1 aliphatic rings.